The average molecular weight is 376 g/mol. The molecule has 0 radical (unpaired) electrons. The van der Waals surface area contributed by atoms with E-state index in [1.165, 1.54) is 11.0 Å². The van der Waals surface area contributed by atoms with Crippen molar-refractivity contribution in [3.05, 3.63) is 42.0 Å². The van der Waals surface area contributed by atoms with E-state index in [0.717, 1.165) is 10.5 Å². The van der Waals surface area contributed by atoms with Crippen molar-refractivity contribution < 1.29 is 23.9 Å². The molecule has 1 rings (SSSR count). The van der Waals surface area contributed by atoms with Gasteiger partial charge in [-0.2, -0.15) is 0 Å². The Morgan fingerprint density at radius 2 is 1.59 bits per heavy atom. The van der Waals surface area contributed by atoms with Crippen molar-refractivity contribution in [2.75, 3.05) is 19.8 Å². The van der Waals surface area contributed by atoms with Gasteiger partial charge in [0.1, 0.15) is 18.7 Å². The average Bonchev–Trinajstić information content (AvgIpc) is 2.65. The molecule has 0 N–H and O–H groups in total. The van der Waals surface area contributed by atoms with Crippen LogP contribution < -0.4 is 0 Å². The number of amides is 3. The summed E-state index contributed by atoms with van der Waals surface area (Å²) in [6, 6.07) is 8.56. The minimum Gasteiger partial charge on any atom is -0.359 e. The summed E-state index contributed by atoms with van der Waals surface area (Å²) in [7, 11) is 0. The summed E-state index contributed by atoms with van der Waals surface area (Å²) in [5.41, 5.74) is 0.812. The summed E-state index contributed by atoms with van der Waals surface area (Å²) in [6.45, 7) is 7.42. The molecule has 0 aliphatic carbocycles. The van der Waals surface area contributed by atoms with Crippen LogP contribution in [0.2, 0.25) is 0 Å². The first kappa shape index (κ1) is 22.5. The number of imide groups is 1. The van der Waals surface area contributed by atoms with E-state index < -0.39 is 24.4 Å². The Morgan fingerprint density at radius 3 is 2.07 bits per heavy atom. The van der Waals surface area contributed by atoms with Gasteiger partial charge in [0.15, 0.2) is 0 Å². The first-order valence-corrected chi connectivity index (χ1v) is 8.99. The summed E-state index contributed by atoms with van der Waals surface area (Å²) in [6.07, 6.45) is 2.13. The van der Waals surface area contributed by atoms with Crippen molar-refractivity contribution in [3.8, 4) is 0 Å². The van der Waals surface area contributed by atoms with E-state index in [0.29, 0.717) is 19.5 Å². The molecule has 0 saturated carbocycles. The van der Waals surface area contributed by atoms with Crippen molar-refractivity contribution in [1.82, 2.24) is 9.80 Å². The molecule has 0 saturated heterocycles. The number of urea groups is 1. The summed E-state index contributed by atoms with van der Waals surface area (Å²) >= 11 is 0. The van der Waals surface area contributed by atoms with Crippen molar-refractivity contribution >= 4 is 24.3 Å². The lowest BCUT2D eigenvalue weighted by molar-refractivity contribution is -0.133. The van der Waals surface area contributed by atoms with Crippen LogP contribution in [0.3, 0.4) is 0 Å². The number of carbonyl (C=O) groups is 3. The third kappa shape index (κ3) is 6.96. The zero-order valence-electron chi connectivity index (χ0n) is 16.3. The third-order valence-electron chi connectivity index (χ3n) is 3.79. The van der Waals surface area contributed by atoms with Gasteiger partial charge in [-0.3, -0.25) is 14.6 Å². The second-order valence-electron chi connectivity index (χ2n) is 5.66. The smallest absolute Gasteiger partial charge is 0.331 e. The van der Waals surface area contributed by atoms with Crippen LogP contribution in [-0.2, 0) is 19.1 Å². The normalized spacial score (nSPS) is 13.2. The topological polar surface area (TPSA) is 76.2 Å². The van der Waals surface area contributed by atoms with Crippen LogP contribution >= 0.6 is 0 Å². The monoisotopic (exact) mass is 376 g/mol. The molecule has 1 aromatic rings. The number of hydrogen-bond acceptors (Lipinski definition) is 5. The number of aldehydes is 1. The second kappa shape index (κ2) is 12.0. The molecule has 27 heavy (non-hydrogen) atoms. The zero-order valence-corrected chi connectivity index (χ0v) is 16.3. The van der Waals surface area contributed by atoms with E-state index in [1.54, 1.807) is 33.8 Å². The lowest BCUT2D eigenvalue weighted by Gasteiger charge is -2.36. The van der Waals surface area contributed by atoms with Gasteiger partial charge in [0.05, 0.1) is 6.54 Å². The molecule has 0 heterocycles. The summed E-state index contributed by atoms with van der Waals surface area (Å²) in [4.78, 5) is 38.8. The number of hydrogen-bond donors (Lipinski definition) is 0. The van der Waals surface area contributed by atoms with Gasteiger partial charge in [0.2, 0.25) is 0 Å². The number of ether oxygens (including phenoxy) is 2. The van der Waals surface area contributed by atoms with Crippen LogP contribution in [-0.4, -0.2) is 60.2 Å². The lowest BCUT2D eigenvalue weighted by atomic mass is 10.2. The molecule has 0 spiro atoms. The highest BCUT2D eigenvalue weighted by Crippen LogP contribution is 2.13. The van der Waals surface area contributed by atoms with Crippen LogP contribution in [0.4, 0.5) is 4.79 Å². The lowest BCUT2D eigenvalue weighted by Crippen LogP contribution is -2.54. The first-order chi connectivity index (χ1) is 13.0. The van der Waals surface area contributed by atoms with E-state index >= 15 is 0 Å². The summed E-state index contributed by atoms with van der Waals surface area (Å²) in [5.74, 6) is -0.589. The highest BCUT2D eigenvalue weighted by atomic mass is 16.5. The van der Waals surface area contributed by atoms with Crippen LogP contribution in [0.1, 0.15) is 33.3 Å². The third-order valence-corrected chi connectivity index (χ3v) is 3.79. The minimum atomic E-state index is -0.647. The number of nitrogens with zero attached hydrogens (tertiary/aromatic N) is 2. The summed E-state index contributed by atoms with van der Waals surface area (Å²) < 4.78 is 11.0. The Kier molecular flexibility index (Phi) is 10.00. The molecule has 7 heteroatoms. The van der Waals surface area contributed by atoms with E-state index in [2.05, 4.69) is 0 Å². The van der Waals surface area contributed by atoms with E-state index in [1.807, 2.05) is 30.3 Å². The van der Waals surface area contributed by atoms with Crippen molar-refractivity contribution in [3.63, 3.8) is 0 Å². The Morgan fingerprint density at radius 1 is 1.04 bits per heavy atom. The predicted molar refractivity (Wildman–Crippen MR) is 103 cm³/mol. The predicted octanol–water partition coefficient (Wildman–Crippen LogP) is 2.91. The standard InChI is InChI=1S/C20H28N2O5/c1-5-26-16(3)22(17(4)27-6-2)20(25)21(14-15-23)19(24)13-12-18-10-8-7-9-11-18/h7-13,15-17H,5-6,14H2,1-4H3/b13-12+. The van der Waals surface area contributed by atoms with E-state index in [-0.39, 0.29) is 6.54 Å². The van der Waals surface area contributed by atoms with Crippen LogP contribution in [0.5, 0.6) is 0 Å². The molecule has 7 nitrogen and oxygen atoms in total. The zero-order chi connectivity index (χ0) is 20.2. The fraction of sp³-hybridized carbons (Fsp3) is 0.450. The van der Waals surface area contributed by atoms with Gasteiger partial charge in [0, 0.05) is 19.3 Å². The SMILES string of the molecule is CCOC(C)N(C(=O)N(CC=O)C(=O)/C=C/c1ccccc1)C(C)OCC. The van der Waals surface area contributed by atoms with Crippen LogP contribution in [0, 0.1) is 0 Å². The van der Waals surface area contributed by atoms with Crippen LogP contribution in [0.15, 0.2) is 36.4 Å². The molecule has 0 aliphatic rings. The minimum absolute atomic E-state index is 0.356. The molecular formula is C20H28N2O5. The van der Waals surface area contributed by atoms with Crippen molar-refractivity contribution in [2.45, 2.75) is 40.2 Å². The first-order valence-electron chi connectivity index (χ1n) is 8.99. The molecule has 1 aromatic carbocycles. The summed E-state index contributed by atoms with van der Waals surface area (Å²) in [5, 5.41) is 0. The van der Waals surface area contributed by atoms with Gasteiger partial charge < -0.3 is 14.3 Å². The maximum atomic E-state index is 13.0. The molecule has 2 unspecified atom stereocenters. The molecular weight excluding hydrogens is 348 g/mol. The highest BCUT2D eigenvalue weighted by molar-refractivity contribution is 6.03. The Balaban J connectivity index is 3.05. The fourth-order valence-corrected chi connectivity index (χ4v) is 2.55. The second-order valence-corrected chi connectivity index (χ2v) is 5.66. The van der Waals surface area contributed by atoms with E-state index in [9.17, 15) is 14.4 Å². The van der Waals surface area contributed by atoms with Gasteiger partial charge in [-0.25, -0.2) is 4.79 Å². The molecule has 0 aliphatic heterocycles. The molecule has 3 amide bonds. The quantitative estimate of drug-likeness (QED) is 0.356. The van der Waals surface area contributed by atoms with Gasteiger partial charge >= 0.3 is 6.03 Å². The Bertz CT molecular complexity index is 621. The molecule has 0 aromatic heterocycles. The molecule has 2 atom stereocenters. The van der Waals surface area contributed by atoms with Crippen LogP contribution in [0.25, 0.3) is 6.08 Å². The fourth-order valence-electron chi connectivity index (χ4n) is 2.55. The molecule has 148 valence electrons. The van der Waals surface area contributed by atoms with E-state index in [4.69, 9.17) is 9.47 Å². The molecule has 0 bridgehead atoms. The van der Waals surface area contributed by atoms with Gasteiger partial charge in [-0.15, -0.1) is 0 Å². The molecule has 0 fully saturated rings. The maximum Gasteiger partial charge on any atom is 0.331 e. The Labute approximate surface area is 160 Å². The largest absolute Gasteiger partial charge is 0.359 e. The van der Waals surface area contributed by atoms with Crippen molar-refractivity contribution in [2.24, 2.45) is 0 Å². The number of rotatable bonds is 10. The van der Waals surface area contributed by atoms with Crippen molar-refractivity contribution in [1.29, 1.82) is 0 Å². The Hall–Kier alpha value is -2.51. The number of benzene rings is 1. The maximum absolute atomic E-state index is 13.0. The highest BCUT2D eigenvalue weighted by Gasteiger charge is 2.32. The van der Waals surface area contributed by atoms with Gasteiger partial charge in [0.25, 0.3) is 5.91 Å². The number of carbonyl (C=O) groups excluding carboxylic acids is 3. The van der Waals surface area contributed by atoms with Gasteiger partial charge in [-0.05, 0) is 39.3 Å². The van der Waals surface area contributed by atoms with Gasteiger partial charge in [-0.1, -0.05) is 30.3 Å².